The molecule has 8 heteroatoms. The van der Waals surface area contributed by atoms with Crippen molar-refractivity contribution in [3.8, 4) is 0 Å². The summed E-state index contributed by atoms with van der Waals surface area (Å²) >= 11 is 0. The Labute approximate surface area is 161 Å². The number of fused-ring (bicyclic) bond motifs is 1. The van der Waals surface area contributed by atoms with Gasteiger partial charge in [0.1, 0.15) is 11.3 Å². The van der Waals surface area contributed by atoms with Crippen LogP contribution in [0.25, 0.3) is 11.0 Å². The number of benzene rings is 2. The van der Waals surface area contributed by atoms with E-state index in [0.717, 1.165) is 5.52 Å². The smallest absolute Gasteiger partial charge is 0.253 e. The van der Waals surface area contributed by atoms with Gasteiger partial charge >= 0.3 is 0 Å². The molecule has 1 saturated heterocycles. The van der Waals surface area contributed by atoms with Gasteiger partial charge in [-0.1, -0.05) is 11.3 Å². The van der Waals surface area contributed by atoms with Gasteiger partial charge in [-0.3, -0.25) is 9.59 Å². The van der Waals surface area contributed by atoms with Crippen molar-refractivity contribution in [2.45, 2.75) is 12.8 Å². The third-order valence-corrected chi connectivity index (χ3v) is 5.10. The first kappa shape index (κ1) is 18.1. The molecular formula is C20H20FN5O2. The van der Waals surface area contributed by atoms with Gasteiger partial charge in [-0.15, -0.1) is 5.10 Å². The number of nitrogens with zero attached hydrogens (tertiary/aromatic N) is 4. The zero-order valence-electron chi connectivity index (χ0n) is 15.4. The average molecular weight is 381 g/mol. The van der Waals surface area contributed by atoms with Crippen LogP contribution in [0.4, 0.5) is 10.1 Å². The number of aromatic nitrogens is 3. The first-order chi connectivity index (χ1) is 13.5. The minimum absolute atomic E-state index is 0.0726. The highest BCUT2D eigenvalue weighted by Crippen LogP contribution is 2.22. The number of nitrogens with one attached hydrogen (secondary N) is 1. The maximum absolute atomic E-state index is 13.3. The van der Waals surface area contributed by atoms with Crippen molar-refractivity contribution < 1.29 is 14.0 Å². The molecule has 1 aliphatic rings. The van der Waals surface area contributed by atoms with Gasteiger partial charge in [-0.2, -0.15) is 0 Å². The molecule has 0 aliphatic carbocycles. The van der Waals surface area contributed by atoms with Crippen LogP contribution in [0.2, 0.25) is 0 Å². The zero-order valence-corrected chi connectivity index (χ0v) is 15.4. The van der Waals surface area contributed by atoms with E-state index in [1.54, 1.807) is 40.9 Å². The fourth-order valence-electron chi connectivity index (χ4n) is 3.51. The summed E-state index contributed by atoms with van der Waals surface area (Å²) in [7, 11) is 1.80. The number of halogens is 1. The summed E-state index contributed by atoms with van der Waals surface area (Å²) in [4.78, 5) is 27.0. The summed E-state index contributed by atoms with van der Waals surface area (Å²) in [6, 6.07) is 11.2. The molecule has 1 N–H and O–H groups in total. The molecule has 2 aromatic carbocycles. The molecule has 0 spiro atoms. The summed E-state index contributed by atoms with van der Waals surface area (Å²) in [6.45, 7) is 0.997. The molecule has 1 aromatic heterocycles. The Hall–Kier alpha value is -3.29. The number of amides is 2. The minimum atomic E-state index is -0.390. The molecule has 0 atom stereocenters. The van der Waals surface area contributed by atoms with E-state index in [-0.39, 0.29) is 17.7 Å². The zero-order chi connectivity index (χ0) is 19.7. The molecule has 1 aliphatic heterocycles. The van der Waals surface area contributed by atoms with Gasteiger partial charge in [0, 0.05) is 37.3 Å². The lowest BCUT2D eigenvalue weighted by atomic mass is 9.95. The van der Waals surface area contributed by atoms with Crippen LogP contribution in [0, 0.1) is 11.7 Å². The highest BCUT2D eigenvalue weighted by atomic mass is 19.1. The average Bonchev–Trinajstić information content (AvgIpc) is 3.08. The van der Waals surface area contributed by atoms with E-state index in [1.807, 2.05) is 6.07 Å². The predicted molar refractivity (Wildman–Crippen MR) is 102 cm³/mol. The number of piperidine rings is 1. The molecule has 0 unspecified atom stereocenters. The van der Waals surface area contributed by atoms with E-state index in [1.165, 1.54) is 12.1 Å². The number of hydrogen-bond donors (Lipinski definition) is 1. The molecule has 0 bridgehead atoms. The van der Waals surface area contributed by atoms with Crippen LogP contribution in [0.3, 0.4) is 0 Å². The van der Waals surface area contributed by atoms with Gasteiger partial charge < -0.3 is 10.2 Å². The molecule has 3 aromatic rings. The van der Waals surface area contributed by atoms with Crippen LogP contribution in [0.5, 0.6) is 0 Å². The summed E-state index contributed by atoms with van der Waals surface area (Å²) in [5.74, 6) is -0.803. The van der Waals surface area contributed by atoms with Crippen LogP contribution < -0.4 is 5.32 Å². The van der Waals surface area contributed by atoms with E-state index in [4.69, 9.17) is 0 Å². The van der Waals surface area contributed by atoms with Crippen molar-refractivity contribution in [2.24, 2.45) is 13.0 Å². The van der Waals surface area contributed by atoms with Gasteiger partial charge in [-0.05, 0) is 49.2 Å². The molecule has 7 nitrogen and oxygen atoms in total. The molecule has 2 heterocycles. The molecule has 28 heavy (non-hydrogen) atoms. The maximum Gasteiger partial charge on any atom is 0.253 e. The second kappa shape index (κ2) is 7.38. The summed E-state index contributed by atoms with van der Waals surface area (Å²) in [5.41, 5.74) is 2.55. The fourth-order valence-corrected chi connectivity index (χ4v) is 3.51. The van der Waals surface area contributed by atoms with Gasteiger partial charge in [0.05, 0.1) is 5.52 Å². The van der Waals surface area contributed by atoms with Gasteiger partial charge in [0.25, 0.3) is 5.91 Å². The lowest BCUT2D eigenvalue weighted by molar-refractivity contribution is -0.121. The SMILES string of the molecule is Cn1nnc2cc(C(=O)N3CCC(C(=O)Nc4cccc(F)c4)CC3)ccc21. The monoisotopic (exact) mass is 381 g/mol. The second-order valence-corrected chi connectivity index (χ2v) is 6.98. The molecule has 4 rings (SSSR count). The molecule has 1 fully saturated rings. The molecule has 144 valence electrons. The lowest BCUT2D eigenvalue weighted by Gasteiger charge is -2.31. The maximum atomic E-state index is 13.3. The van der Waals surface area contributed by atoms with Crippen molar-refractivity contribution in [3.05, 3.63) is 53.8 Å². The van der Waals surface area contributed by atoms with Gasteiger partial charge in [0.15, 0.2) is 0 Å². The fraction of sp³-hybridized carbons (Fsp3) is 0.300. The standard InChI is InChI=1S/C20H20FN5O2/c1-25-18-6-5-14(11-17(18)23-24-25)20(28)26-9-7-13(8-10-26)19(27)22-16-4-2-3-15(21)12-16/h2-6,11-13H,7-10H2,1H3,(H,22,27). The Morgan fingerprint density at radius 3 is 2.68 bits per heavy atom. The van der Waals surface area contributed by atoms with E-state index >= 15 is 0 Å². The first-order valence-corrected chi connectivity index (χ1v) is 9.16. The Morgan fingerprint density at radius 1 is 1.14 bits per heavy atom. The van der Waals surface area contributed by atoms with Gasteiger partial charge in [-0.25, -0.2) is 9.07 Å². The van der Waals surface area contributed by atoms with E-state index < -0.39 is 5.82 Å². The Bertz CT molecular complexity index is 1040. The Morgan fingerprint density at radius 2 is 1.93 bits per heavy atom. The highest BCUT2D eigenvalue weighted by Gasteiger charge is 2.28. The second-order valence-electron chi connectivity index (χ2n) is 6.98. The summed E-state index contributed by atoms with van der Waals surface area (Å²) < 4.78 is 14.9. The normalized spacial score (nSPS) is 15.0. The van der Waals surface area contributed by atoms with Crippen LogP contribution in [-0.4, -0.2) is 44.8 Å². The third kappa shape index (κ3) is 3.58. The van der Waals surface area contributed by atoms with Crippen LogP contribution in [0.15, 0.2) is 42.5 Å². The Kier molecular flexibility index (Phi) is 4.77. The van der Waals surface area contributed by atoms with Crippen molar-refractivity contribution in [1.82, 2.24) is 19.9 Å². The van der Waals surface area contributed by atoms with Crippen molar-refractivity contribution in [1.29, 1.82) is 0 Å². The number of aryl methyl sites for hydroxylation is 1. The number of likely N-dealkylation sites (tertiary alicyclic amines) is 1. The van der Waals surface area contributed by atoms with Crippen LogP contribution in [-0.2, 0) is 11.8 Å². The topological polar surface area (TPSA) is 80.1 Å². The Balaban J connectivity index is 1.37. The van der Waals surface area contributed by atoms with E-state index in [0.29, 0.717) is 42.7 Å². The summed E-state index contributed by atoms with van der Waals surface area (Å²) in [6.07, 6.45) is 1.14. The summed E-state index contributed by atoms with van der Waals surface area (Å²) in [5, 5.41) is 10.8. The van der Waals surface area contributed by atoms with Crippen molar-refractivity contribution in [3.63, 3.8) is 0 Å². The van der Waals surface area contributed by atoms with Crippen molar-refractivity contribution in [2.75, 3.05) is 18.4 Å². The van der Waals surface area contributed by atoms with Crippen LogP contribution >= 0.6 is 0 Å². The molecule has 0 radical (unpaired) electrons. The van der Waals surface area contributed by atoms with Crippen LogP contribution in [0.1, 0.15) is 23.2 Å². The predicted octanol–water partition coefficient (Wildman–Crippen LogP) is 2.60. The number of carbonyl (C=O) groups excluding carboxylic acids is 2. The van der Waals surface area contributed by atoms with E-state index in [9.17, 15) is 14.0 Å². The number of rotatable bonds is 3. The highest BCUT2D eigenvalue weighted by molar-refractivity contribution is 5.97. The number of hydrogen-bond acceptors (Lipinski definition) is 4. The van der Waals surface area contributed by atoms with Gasteiger partial charge in [0.2, 0.25) is 5.91 Å². The minimum Gasteiger partial charge on any atom is -0.339 e. The quantitative estimate of drug-likeness (QED) is 0.756. The largest absolute Gasteiger partial charge is 0.339 e. The number of carbonyl (C=O) groups is 2. The lowest BCUT2D eigenvalue weighted by Crippen LogP contribution is -2.41. The molecule has 0 saturated carbocycles. The van der Waals surface area contributed by atoms with Crippen molar-refractivity contribution >= 4 is 28.5 Å². The third-order valence-electron chi connectivity index (χ3n) is 5.10. The first-order valence-electron chi connectivity index (χ1n) is 9.16. The molecule has 2 amide bonds. The van der Waals surface area contributed by atoms with E-state index in [2.05, 4.69) is 15.6 Å². The number of anilines is 1. The molecular weight excluding hydrogens is 361 g/mol.